The summed E-state index contributed by atoms with van der Waals surface area (Å²) in [6.07, 6.45) is 2.85. The highest BCUT2D eigenvalue weighted by Crippen LogP contribution is 2.29. The first kappa shape index (κ1) is 15.4. The van der Waals surface area contributed by atoms with Gasteiger partial charge >= 0.3 is 0 Å². The molecular weight excluding hydrogens is 300 g/mol. The van der Waals surface area contributed by atoms with Gasteiger partial charge in [0.2, 0.25) is 0 Å². The smallest absolute Gasteiger partial charge is 0.267 e. The highest BCUT2D eigenvalue weighted by atomic mass is 35.5. The molecule has 118 valence electrons. The van der Waals surface area contributed by atoms with Gasteiger partial charge in [-0.05, 0) is 55.4 Å². The molecule has 4 nitrogen and oxygen atoms in total. The molecule has 1 aromatic heterocycles. The summed E-state index contributed by atoms with van der Waals surface area (Å²) in [7, 11) is 0. The van der Waals surface area contributed by atoms with Crippen LogP contribution in [0.5, 0.6) is 0 Å². The molecule has 0 radical (unpaired) electrons. The molecule has 1 fully saturated rings. The average molecular weight is 321 g/mol. The van der Waals surface area contributed by atoms with E-state index in [2.05, 4.69) is 17.2 Å². The maximum absolute atomic E-state index is 12.4. The Morgan fingerprint density at radius 1 is 1.41 bits per heavy atom. The Morgan fingerprint density at radius 3 is 2.95 bits per heavy atom. The van der Waals surface area contributed by atoms with E-state index in [1.165, 1.54) is 0 Å². The SMILES string of the molecule is C[C@@H]1C[C@@H](CO)CC[C@@H]1NC(=O)c1cc2cc(Cl)ccc2[nH]1. The molecule has 1 aliphatic rings. The zero-order chi connectivity index (χ0) is 15.7. The third-order valence-electron chi connectivity index (χ3n) is 4.68. The number of nitrogens with one attached hydrogen (secondary N) is 2. The largest absolute Gasteiger partial charge is 0.396 e. The van der Waals surface area contributed by atoms with Gasteiger partial charge in [0, 0.05) is 28.6 Å². The highest BCUT2D eigenvalue weighted by molar-refractivity contribution is 6.31. The van der Waals surface area contributed by atoms with Crippen LogP contribution in [0.1, 0.15) is 36.7 Å². The van der Waals surface area contributed by atoms with Crippen LogP contribution in [0.4, 0.5) is 0 Å². The Morgan fingerprint density at radius 2 is 2.23 bits per heavy atom. The number of hydrogen-bond acceptors (Lipinski definition) is 2. The fraction of sp³-hybridized carbons (Fsp3) is 0.471. The number of halogens is 1. The van der Waals surface area contributed by atoms with E-state index in [0.717, 1.165) is 30.2 Å². The molecule has 3 rings (SSSR count). The number of carbonyl (C=O) groups excluding carboxylic acids is 1. The van der Waals surface area contributed by atoms with Crippen molar-refractivity contribution in [3.05, 3.63) is 35.0 Å². The van der Waals surface area contributed by atoms with Gasteiger partial charge in [-0.1, -0.05) is 18.5 Å². The van der Waals surface area contributed by atoms with Crippen LogP contribution in [-0.4, -0.2) is 28.6 Å². The molecule has 0 saturated heterocycles. The summed E-state index contributed by atoms with van der Waals surface area (Å²) >= 11 is 5.97. The van der Waals surface area contributed by atoms with Crippen LogP contribution in [0.3, 0.4) is 0 Å². The Balaban J connectivity index is 1.70. The molecule has 1 aromatic carbocycles. The summed E-state index contributed by atoms with van der Waals surface area (Å²) in [5.41, 5.74) is 1.47. The number of benzene rings is 1. The standard InChI is InChI=1S/C17H21ClN2O2/c1-10-6-11(9-21)2-4-14(10)20-17(22)16-8-12-7-13(18)3-5-15(12)19-16/h3,5,7-8,10-11,14,19,21H,2,4,6,9H2,1H3,(H,20,22)/t10-,11+,14+/m1/s1. The summed E-state index contributed by atoms with van der Waals surface area (Å²) in [5, 5.41) is 14.0. The van der Waals surface area contributed by atoms with E-state index >= 15 is 0 Å². The van der Waals surface area contributed by atoms with E-state index in [1.54, 1.807) is 6.07 Å². The molecule has 5 heteroatoms. The molecule has 0 aliphatic heterocycles. The fourth-order valence-corrected chi connectivity index (χ4v) is 3.54. The number of rotatable bonds is 3. The van der Waals surface area contributed by atoms with E-state index in [-0.39, 0.29) is 18.6 Å². The number of carbonyl (C=O) groups is 1. The maximum Gasteiger partial charge on any atom is 0.267 e. The lowest BCUT2D eigenvalue weighted by Crippen LogP contribution is -2.43. The lowest BCUT2D eigenvalue weighted by molar-refractivity contribution is 0.0871. The molecule has 0 bridgehead atoms. The Labute approximate surface area is 134 Å². The molecule has 0 unspecified atom stereocenters. The summed E-state index contributed by atoms with van der Waals surface area (Å²) in [5.74, 6) is 0.679. The van der Waals surface area contributed by atoms with Crippen molar-refractivity contribution in [2.45, 2.75) is 32.2 Å². The summed E-state index contributed by atoms with van der Waals surface area (Å²) in [6.45, 7) is 2.38. The number of fused-ring (bicyclic) bond motifs is 1. The van der Waals surface area contributed by atoms with E-state index in [4.69, 9.17) is 11.6 Å². The lowest BCUT2D eigenvalue weighted by atomic mass is 9.79. The molecular formula is C17H21ClN2O2. The number of hydrogen-bond donors (Lipinski definition) is 3. The van der Waals surface area contributed by atoms with E-state index in [0.29, 0.717) is 22.6 Å². The molecule has 1 aliphatic carbocycles. The van der Waals surface area contributed by atoms with Crippen molar-refractivity contribution < 1.29 is 9.90 Å². The number of aliphatic hydroxyl groups excluding tert-OH is 1. The van der Waals surface area contributed by atoms with Gasteiger partial charge in [0.05, 0.1) is 0 Å². The van der Waals surface area contributed by atoms with Crippen LogP contribution in [0.25, 0.3) is 10.9 Å². The van der Waals surface area contributed by atoms with Crippen LogP contribution in [0.15, 0.2) is 24.3 Å². The van der Waals surface area contributed by atoms with Crippen LogP contribution in [0.2, 0.25) is 5.02 Å². The molecule has 1 saturated carbocycles. The second-order valence-corrected chi connectivity index (χ2v) is 6.77. The number of amides is 1. The van der Waals surface area contributed by atoms with Crippen LogP contribution < -0.4 is 5.32 Å². The van der Waals surface area contributed by atoms with Gasteiger partial charge in [-0.15, -0.1) is 0 Å². The van der Waals surface area contributed by atoms with Crippen LogP contribution >= 0.6 is 11.6 Å². The predicted molar refractivity (Wildman–Crippen MR) is 88.2 cm³/mol. The molecule has 0 spiro atoms. The Hall–Kier alpha value is -1.52. The second kappa shape index (κ2) is 6.31. The zero-order valence-electron chi connectivity index (χ0n) is 12.6. The number of aromatic amines is 1. The summed E-state index contributed by atoms with van der Waals surface area (Å²) in [4.78, 5) is 15.6. The molecule has 1 amide bonds. The van der Waals surface area contributed by atoms with Gasteiger partial charge in [0.15, 0.2) is 0 Å². The van der Waals surface area contributed by atoms with Crippen molar-refractivity contribution >= 4 is 28.4 Å². The first-order valence-corrected chi connectivity index (χ1v) is 8.14. The first-order valence-electron chi connectivity index (χ1n) is 7.77. The fourth-order valence-electron chi connectivity index (χ4n) is 3.36. The molecule has 1 heterocycles. The Bertz CT molecular complexity index is 682. The topological polar surface area (TPSA) is 65.1 Å². The van der Waals surface area contributed by atoms with Gasteiger partial charge in [0.25, 0.3) is 5.91 Å². The summed E-state index contributed by atoms with van der Waals surface area (Å²) in [6, 6.07) is 7.54. The predicted octanol–water partition coefficient (Wildman–Crippen LogP) is 3.35. The van der Waals surface area contributed by atoms with Crippen molar-refractivity contribution in [3.63, 3.8) is 0 Å². The van der Waals surface area contributed by atoms with Gasteiger partial charge in [0.1, 0.15) is 5.69 Å². The van der Waals surface area contributed by atoms with Crippen molar-refractivity contribution in [3.8, 4) is 0 Å². The van der Waals surface area contributed by atoms with E-state index < -0.39 is 0 Å². The number of H-pyrrole nitrogens is 1. The third kappa shape index (κ3) is 3.13. The Kier molecular flexibility index (Phi) is 4.41. The minimum Gasteiger partial charge on any atom is -0.396 e. The first-order chi connectivity index (χ1) is 10.6. The van der Waals surface area contributed by atoms with Gasteiger partial charge in [-0.3, -0.25) is 4.79 Å². The van der Waals surface area contributed by atoms with Gasteiger partial charge in [-0.2, -0.15) is 0 Å². The number of aliphatic hydroxyl groups is 1. The van der Waals surface area contributed by atoms with Crippen LogP contribution in [-0.2, 0) is 0 Å². The van der Waals surface area contributed by atoms with E-state index in [1.807, 2.05) is 18.2 Å². The third-order valence-corrected chi connectivity index (χ3v) is 4.92. The maximum atomic E-state index is 12.4. The number of aromatic nitrogens is 1. The minimum absolute atomic E-state index is 0.0772. The average Bonchev–Trinajstić information content (AvgIpc) is 2.92. The molecule has 3 atom stereocenters. The summed E-state index contributed by atoms with van der Waals surface area (Å²) < 4.78 is 0. The minimum atomic E-state index is -0.0772. The molecule has 2 aromatic rings. The van der Waals surface area contributed by atoms with Crippen LogP contribution in [0, 0.1) is 11.8 Å². The van der Waals surface area contributed by atoms with Gasteiger partial charge in [-0.25, -0.2) is 0 Å². The lowest BCUT2D eigenvalue weighted by Gasteiger charge is -2.33. The van der Waals surface area contributed by atoms with E-state index in [9.17, 15) is 9.90 Å². The second-order valence-electron chi connectivity index (χ2n) is 6.33. The monoisotopic (exact) mass is 320 g/mol. The van der Waals surface area contributed by atoms with Gasteiger partial charge < -0.3 is 15.4 Å². The zero-order valence-corrected chi connectivity index (χ0v) is 13.4. The van der Waals surface area contributed by atoms with Crippen molar-refractivity contribution in [1.82, 2.24) is 10.3 Å². The highest BCUT2D eigenvalue weighted by Gasteiger charge is 2.28. The normalized spacial score (nSPS) is 25.3. The molecule has 22 heavy (non-hydrogen) atoms. The molecule has 3 N–H and O–H groups in total. The van der Waals surface area contributed by atoms with Crippen molar-refractivity contribution in [2.75, 3.05) is 6.61 Å². The quantitative estimate of drug-likeness (QED) is 0.812. The van der Waals surface area contributed by atoms with Crippen molar-refractivity contribution in [1.29, 1.82) is 0 Å². The van der Waals surface area contributed by atoms with Crippen molar-refractivity contribution in [2.24, 2.45) is 11.8 Å².